The first-order chi connectivity index (χ1) is 7.39. The lowest BCUT2D eigenvalue weighted by molar-refractivity contribution is 0.425. The summed E-state index contributed by atoms with van der Waals surface area (Å²) in [7, 11) is 4.12. The topological polar surface area (TPSA) is 41.0 Å². The second kappa shape index (κ2) is 5.25. The van der Waals surface area contributed by atoms with Crippen molar-refractivity contribution < 1.29 is 0 Å². The van der Waals surface area contributed by atoms with Crippen LogP contribution >= 0.6 is 0 Å². The van der Waals surface area contributed by atoms with Crippen LogP contribution in [0.1, 0.15) is 26.6 Å². The molecule has 1 aromatic rings. The Morgan fingerprint density at radius 2 is 2.00 bits per heavy atom. The van der Waals surface area contributed by atoms with Crippen molar-refractivity contribution in [3.63, 3.8) is 0 Å². The van der Waals surface area contributed by atoms with Crippen LogP contribution in [-0.2, 0) is 5.41 Å². The van der Waals surface area contributed by atoms with E-state index in [4.69, 9.17) is 0 Å². The molecule has 0 amide bonds. The molecule has 0 aromatic carbocycles. The number of likely N-dealkylation sites (N-methyl/N-ethyl adjacent to an activating group) is 1. The van der Waals surface area contributed by atoms with Crippen molar-refractivity contribution in [1.29, 1.82) is 0 Å². The summed E-state index contributed by atoms with van der Waals surface area (Å²) >= 11 is 0. The lowest BCUT2D eigenvalue weighted by Gasteiger charge is -2.17. The van der Waals surface area contributed by atoms with Crippen LogP contribution in [0.4, 0.5) is 5.82 Å². The van der Waals surface area contributed by atoms with E-state index in [0.717, 1.165) is 24.7 Å². The summed E-state index contributed by atoms with van der Waals surface area (Å²) in [6.45, 7) is 8.24. The average molecular weight is 222 g/mol. The Balaban J connectivity index is 2.61. The smallest absolute Gasteiger partial charge is 0.135 e. The lowest BCUT2D eigenvalue weighted by Crippen LogP contribution is -2.22. The fourth-order valence-electron chi connectivity index (χ4n) is 1.23. The van der Waals surface area contributed by atoms with Crippen molar-refractivity contribution in [3.05, 3.63) is 18.1 Å². The maximum atomic E-state index is 4.50. The summed E-state index contributed by atoms with van der Waals surface area (Å²) in [4.78, 5) is 10.9. The first kappa shape index (κ1) is 12.9. The molecule has 16 heavy (non-hydrogen) atoms. The van der Waals surface area contributed by atoms with Gasteiger partial charge >= 0.3 is 0 Å². The molecule has 4 heteroatoms. The van der Waals surface area contributed by atoms with E-state index in [9.17, 15) is 0 Å². The molecule has 0 unspecified atom stereocenters. The Bertz CT molecular complexity index is 328. The van der Waals surface area contributed by atoms with Crippen molar-refractivity contribution >= 4 is 5.82 Å². The standard InChI is InChI=1S/C12H22N4/c1-12(2,3)11-14-7-6-10(15-11)13-8-9-16(4)5/h6-7H,8-9H2,1-5H3,(H,13,14,15). The number of aromatic nitrogens is 2. The van der Waals surface area contributed by atoms with Gasteiger partial charge in [0, 0.05) is 24.7 Å². The Labute approximate surface area is 98.1 Å². The van der Waals surface area contributed by atoms with Gasteiger partial charge in [0.15, 0.2) is 0 Å². The molecule has 1 N–H and O–H groups in total. The van der Waals surface area contributed by atoms with E-state index in [1.54, 1.807) is 0 Å². The van der Waals surface area contributed by atoms with Crippen LogP contribution in [0.2, 0.25) is 0 Å². The van der Waals surface area contributed by atoms with Crippen molar-refractivity contribution in [2.24, 2.45) is 0 Å². The molecule has 0 atom stereocenters. The number of anilines is 1. The average Bonchev–Trinajstić information content (AvgIpc) is 2.16. The van der Waals surface area contributed by atoms with Gasteiger partial charge in [0.25, 0.3) is 0 Å². The molecule has 0 radical (unpaired) electrons. The molecule has 0 saturated heterocycles. The highest BCUT2D eigenvalue weighted by molar-refractivity contribution is 5.33. The summed E-state index contributed by atoms with van der Waals surface area (Å²) in [6.07, 6.45) is 1.81. The van der Waals surface area contributed by atoms with Gasteiger partial charge in [0.2, 0.25) is 0 Å². The first-order valence-electron chi connectivity index (χ1n) is 5.62. The van der Waals surface area contributed by atoms with Gasteiger partial charge in [0.1, 0.15) is 11.6 Å². The van der Waals surface area contributed by atoms with E-state index in [0.29, 0.717) is 0 Å². The van der Waals surface area contributed by atoms with Crippen LogP contribution in [0, 0.1) is 0 Å². The number of hydrogen-bond acceptors (Lipinski definition) is 4. The van der Waals surface area contributed by atoms with E-state index in [1.807, 2.05) is 12.3 Å². The summed E-state index contributed by atoms with van der Waals surface area (Å²) in [6, 6.07) is 1.91. The molecule has 0 aliphatic carbocycles. The minimum atomic E-state index is -0.000756. The normalized spacial score (nSPS) is 11.9. The summed E-state index contributed by atoms with van der Waals surface area (Å²) < 4.78 is 0. The molecule has 0 bridgehead atoms. The van der Waals surface area contributed by atoms with Crippen LogP contribution in [0.25, 0.3) is 0 Å². The van der Waals surface area contributed by atoms with Crippen LogP contribution in [0.3, 0.4) is 0 Å². The lowest BCUT2D eigenvalue weighted by atomic mass is 9.96. The summed E-state index contributed by atoms with van der Waals surface area (Å²) in [5.74, 6) is 1.78. The zero-order valence-electron chi connectivity index (χ0n) is 10.9. The van der Waals surface area contributed by atoms with E-state index in [1.165, 1.54) is 0 Å². The molecule has 1 rings (SSSR count). The molecule has 0 aliphatic heterocycles. The highest BCUT2D eigenvalue weighted by atomic mass is 15.1. The SMILES string of the molecule is CN(C)CCNc1ccnc(C(C)(C)C)n1. The fourth-order valence-corrected chi connectivity index (χ4v) is 1.23. The van der Waals surface area contributed by atoms with Gasteiger partial charge in [-0.1, -0.05) is 20.8 Å². The number of nitrogens with zero attached hydrogens (tertiary/aromatic N) is 3. The van der Waals surface area contributed by atoms with E-state index < -0.39 is 0 Å². The molecule has 90 valence electrons. The molecule has 1 aromatic heterocycles. The number of hydrogen-bond donors (Lipinski definition) is 1. The zero-order chi connectivity index (χ0) is 12.2. The molecular formula is C12H22N4. The van der Waals surface area contributed by atoms with Gasteiger partial charge in [-0.3, -0.25) is 0 Å². The highest BCUT2D eigenvalue weighted by Gasteiger charge is 2.17. The van der Waals surface area contributed by atoms with E-state index >= 15 is 0 Å². The zero-order valence-corrected chi connectivity index (χ0v) is 10.9. The van der Waals surface area contributed by atoms with Crippen molar-refractivity contribution in [2.45, 2.75) is 26.2 Å². The van der Waals surface area contributed by atoms with Crippen LogP contribution in [0.15, 0.2) is 12.3 Å². The second-order valence-corrected chi connectivity index (χ2v) is 5.25. The third-order valence-electron chi connectivity index (χ3n) is 2.19. The molecule has 1 heterocycles. The van der Waals surface area contributed by atoms with E-state index in [2.05, 4.69) is 55.1 Å². The monoisotopic (exact) mass is 222 g/mol. The van der Waals surface area contributed by atoms with Gasteiger partial charge in [-0.15, -0.1) is 0 Å². The van der Waals surface area contributed by atoms with Gasteiger partial charge in [0.05, 0.1) is 0 Å². The minimum absolute atomic E-state index is 0.000756. The molecule has 0 fully saturated rings. The minimum Gasteiger partial charge on any atom is -0.369 e. The molecule has 0 saturated carbocycles. The van der Waals surface area contributed by atoms with Gasteiger partial charge in [-0.25, -0.2) is 9.97 Å². The Morgan fingerprint density at radius 1 is 1.31 bits per heavy atom. The van der Waals surface area contributed by atoms with Crippen LogP contribution in [-0.4, -0.2) is 42.1 Å². The maximum Gasteiger partial charge on any atom is 0.135 e. The van der Waals surface area contributed by atoms with Crippen LogP contribution < -0.4 is 5.32 Å². The summed E-state index contributed by atoms with van der Waals surface area (Å²) in [5.41, 5.74) is -0.000756. The van der Waals surface area contributed by atoms with Gasteiger partial charge < -0.3 is 10.2 Å². The number of nitrogens with one attached hydrogen (secondary N) is 1. The third-order valence-corrected chi connectivity index (χ3v) is 2.19. The maximum absolute atomic E-state index is 4.50. The molecule has 0 spiro atoms. The Morgan fingerprint density at radius 3 is 2.56 bits per heavy atom. The quantitative estimate of drug-likeness (QED) is 0.842. The molecular weight excluding hydrogens is 200 g/mol. The second-order valence-electron chi connectivity index (χ2n) is 5.25. The third kappa shape index (κ3) is 4.14. The first-order valence-corrected chi connectivity index (χ1v) is 5.62. The van der Waals surface area contributed by atoms with Gasteiger partial charge in [-0.2, -0.15) is 0 Å². The van der Waals surface area contributed by atoms with Gasteiger partial charge in [-0.05, 0) is 20.2 Å². The van der Waals surface area contributed by atoms with Crippen molar-refractivity contribution in [1.82, 2.24) is 14.9 Å². The summed E-state index contributed by atoms with van der Waals surface area (Å²) in [5, 5.41) is 3.30. The molecule has 0 aliphatic rings. The van der Waals surface area contributed by atoms with Crippen molar-refractivity contribution in [2.75, 3.05) is 32.5 Å². The largest absolute Gasteiger partial charge is 0.369 e. The predicted molar refractivity (Wildman–Crippen MR) is 67.8 cm³/mol. The van der Waals surface area contributed by atoms with Crippen molar-refractivity contribution in [3.8, 4) is 0 Å². The highest BCUT2D eigenvalue weighted by Crippen LogP contribution is 2.18. The molecule has 4 nitrogen and oxygen atoms in total. The fraction of sp³-hybridized carbons (Fsp3) is 0.667. The van der Waals surface area contributed by atoms with E-state index in [-0.39, 0.29) is 5.41 Å². The Kier molecular flexibility index (Phi) is 4.24. The van der Waals surface area contributed by atoms with Crippen LogP contribution in [0.5, 0.6) is 0 Å². The predicted octanol–water partition coefficient (Wildman–Crippen LogP) is 1.75. The number of rotatable bonds is 4. The Hall–Kier alpha value is -1.16.